The summed E-state index contributed by atoms with van der Waals surface area (Å²) in [5.41, 5.74) is 0. The largest absolute Gasteiger partial charge is 0.383 e. The quantitative estimate of drug-likeness (QED) is 0.723. The average molecular weight is 254 g/mol. The highest BCUT2D eigenvalue weighted by Crippen LogP contribution is 2.25. The van der Waals surface area contributed by atoms with Crippen molar-refractivity contribution >= 4 is 11.8 Å². The maximum absolute atomic E-state index is 12.4. The molecule has 0 bridgehead atoms. The van der Waals surface area contributed by atoms with Gasteiger partial charge < -0.3 is 14.5 Å². The van der Waals surface area contributed by atoms with Crippen molar-refractivity contribution in [2.24, 2.45) is 0 Å². The highest BCUT2D eigenvalue weighted by Gasteiger charge is 2.43. The van der Waals surface area contributed by atoms with Crippen LogP contribution in [0.2, 0.25) is 0 Å². The minimum absolute atomic E-state index is 0.0409. The summed E-state index contributed by atoms with van der Waals surface area (Å²) in [6.07, 6.45) is 3.63. The smallest absolute Gasteiger partial charge is 0.246 e. The van der Waals surface area contributed by atoms with Crippen LogP contribution in [0.4, 0.5) is 0 Å². The number of amides is 2. The van der Waals surface area contributed by atoms with Gasteiger partial charge in [-0.05, 0) is 19.3 Å². The van der Waals surface area contributed by atoms with Crippen LogP contribution in [0.15, 0.2) is 0 Å². The molecule has 2 saturated heterocycles. The Morgan fingerprint density at radius 1 is 1.44 bits per heavy atom. The van der Waals surface area contributed by atoms with E-state index in [0.717, 1.165) is 32.2 Å². The van der Waals surface area contributed by atoms with Crippen molar-refractivity contribution in [2.45, 2.75) is 44.7 Å². The van der Waals surface area contributed by atoms with Crippen molar-refractivity contribution in [3.63, 3.8) is 0 Å². The predicted octanol–water partition coefficient (Wildman–Crippen LogP) is 0.635. The molecule has 0 spiro atoms. The second kappa shape index (κ2) is 5.69. The normalized spacial score (nSPS) is 25.6. The van der Waals surface area contributed by atoms with Crippen molar-refractivity contribution in [1.29, 1.82) is 0 Å². The lowest BCUT2D eigenvalue weighted by Crippen LogP contribution is -2.60. The van der Waals surface area contributed by atoms with Crippen LogP contribution >= 0.6 is 0 Å². The number of carbonyl (C=O) groups is 2. The number of carbonyl (C=O) groups excluding carboxylic acids is 2. The first-order valence-electron chi connectivity index (χ1n) is 6.78. The molecule has 18 heavy (non-hydrogen) atoms. The Hall–Kier alpha value is -1.10. The van der Waals surface area contributed by atoms with Crippen LogP contribution < -0.4 is 0 Å². The third kappa shape index (κ3) is 2.36. The van der Waals surface area contributed by atoms with Gasteiger partial charge in [0, 0.05) is 13.7 Å². The molecule has 0 saturated carbocycles. The van der Waals surface area contributed by atoms with Gasteiger partial charge in [-0.3, -0.25) is 9.59 Å². The van der Waals surface area contributed by atoms with E-state index in [1.54, 1.807) is 16.9 Å². The third-order valence-corrected chi connectivity index (χ3v) is 3.87. The van der Waals surface area contributed by atoms with Gasteiger partial charge in [0.15, 0.2) is 0 Å². The highest BCUT2D eigenvalue weighted by molar-refractivity contribution is 5.95. The molecule has 2 fully saturated rings. The van der Waals surface area contributed by atoms with Gasteiger partial charge in [0.2, 0.25) is 11.8 Å². The van der Waals surface area contributed by atoms with Gasteiger partial charge in [-0.1, -0.05) is 13.3 Å². The molecule has 5 nitrogen and oxygen atoms in total. The van der Waals surface area contributed by atoms with Crippen molar-refractivity contribution in [3.8, 4) is 0 Å². The summed E-state index contributed by atoms with van der Waals surface area (Å²) in [5.74, 6) is 0.205. The lowest BCUT2D eigenvalue weighted by molar-refractivity contribution is -0.157. The molecule has 102 valence electrons. The van der Waals surface area contributed by atoms with Crippen LogP contribution in [0.1, 0.15) is 32.6 Å². The molecule has 2 amide bonds. The number of rotatable bonds is 5. The Balaban J connectivity index is 2.11. The summed E-state index contributed by atoms with van der Waals surface area (Å²) in [5, 5.41) is 0. The summed E-state index contributed by atoms with van der Waals surface area (Å²) in [6.45, 7) is 3.56. The van der Waals surface area contributed by atoms with Gasteiger partial charge in [0.1, 0.15) is 12.6 Å². The zero-order chi connectivity index (χ0) is 13.1. The Morgan fingerprint density at radius 3 is 2.89 bits per heavy atom. The van der Waals surface area contributed by atoms with Gasteiger partial charge in [0.05, 0.1) is 12.6 Å². The molecule has 5 heteroatoms. The second-order valence-corrected chi connectivity index (χ2v) is 5.11. The molecule has 2 unspecified atom stereocenters. The molecule has 0 N–H and O–H groups in total. The van der Waals surface area contributed by atoms with Crippen molar-refractivity contribution in [2.75, 3.05) is 26.8 Å². The first-order chi connectivity index (χ1) is 8.69. The lowest BCUT2D eigenvalue weighted by atomic mass is 10.1. The van der Waals surface area contributed by atoms with Crippen LogP contribution in [0.25, 0.3) is 0 Å². The molecule has 0 radical (unpaired) electrons. The van der Waals surface area contributed by atoms with E-state index in [1.807, 2.05) is 0 Å². The molecule has 2 heterocycles. The standard InChI is InChI=1S/C13H22N2O3/c1-3-5-10(9-18-2)15-8-12(16)14-7-4-6-11(14)13(15)17/h10-11H,3-9H2,1-2H3. The highest BCUT2D eigenvalue weighted by atomic mass is 16.5. The molecule has 2 rings (SSSR count). The summed E-state index contributed by atoms with van der Waals surface area (Å²) >= 11 is 0. The van der Waals surface area contributed by atoms with E-state index in [1.165, 1.54) is 0 Å². The number of piperazine rings is 1. The van der Waals surface area contributed by atoms with Crippen LogP contribution in [-0.2, 0) is 14.3 Å². The molecular formula is C13H22N2O3. The molecule has 2 aliphatic heterocycles. The fourth-order valence-corrected chi connectivity index (χ4v) is 2.99. The minimum atomic E-state index is -0.206. The van der Waals surface area contributed by atoms with Crippen molar-refractivity contribution in [1.82, 2.24) is 9.80 Å². The number of hydrogen-bond donors (Lipinski definition) is 0. The molecule has 0 aromatic heterocycles. The van der Waals surface area contributed by atoms with Gasteiger partial charge in [-0.15, -0.1) is 0 Å². The third-order valence-electron chi connectivity index (χ3n) is 3.87. The van der Waals surface area contributed by atoms with Gasteiger partial charge in [0.25, 0.3) is 0 Å². The molecule has 2 aliphatic rings. The van der Waals surface area contributed by atoms with E-state index >= 15 is 0 Å². The Morgan fingerprint density at radius 2 is 2.22 bits per heavy atom. The molecule has 0 aromatic rings. The number of nitrogens with zero attached hydrogens (tertiary/aromatic N) is 2. The number of methoxy groups -OCH3 is 1. The second-order valence-electron chi connectivity index (χ2n) is 5.11. The van der Waals surface area contributed by atoms with Crippen molar-refractivity contribution in [3.05, 3.63) is 0 Å². The first-order valence-corrected chi connectivity index (χ1v) is 6.78. The lowest BCUT2D eigenvalue weighted by Gasteiger charge is -2.40. The number of fused-ring (bicyclic) bond motifs is 1. The Bertz CT molecular complexity index is 326. The summed E-state index contributed by atoms with van der Waals surface area (Å²) in [7, 11) is 1.64. The van der Waals surface area contributed by atoms with Gasteiger partial charge >= 0.3 is 0 Å². The fraction of sp³-hybridized carbons (Fsp3) is 0.846. The SMILES string of the molecule is CCCC(COC)N1CC(=O)N2CCCC2C1=O. The summed E-state index contributed by atoms with van der Waals surface area (Å²) in [4.78, 5) is 27.9. The topological polar surface area (TPSA) is 49.9 Å². The monoisotopic (exact) mass is 254 g/mol. The summed E-state index contributed by atoms with van der Waals surface area (Å²) < 4.78 is 5.19. The van der Waals surface area contributed by atoms with E-state index in [0.29, 0.717) is 6.61 Å². The Labute approximate surface area is 108 Å². The average Bonchev–Trinajstić information content (AvgIpc) is 2.83. The van der Waals surface area contributed by atoms with E-state index in [4.69, 9.17) is 4.74 Å². The van der Waals surface area contributed by atoms with Crippen LogP contribution in [-0.4, -0.2) is 60.5 Å². The van der Waals surface area contributed by atoms with Crippen LogP contribution in [0.3, 0.4) is 0 Å². The minimum Gasteiger partial charge on any atom is -0.383 e. The number of hydrogen-bond acceptors (Lipinski definition) is 3. The van der Waals surface area contributed by atoms with Crippen LogP contribution in [0, 0.1) is 0 Å². The van der Waals surface area contributed by atoms with E-state index in [9.17, 15) is 9.59 Å². The van der Waals surface area contributed by atoms with Gasteiger partial charge in [-0.25, -0.2) is 0 Å². The maximum atomic E-state index is 12.4. The maximum Gasteiger partial charge on any atom is 0.246 e. The first kappa shape index (κ1) is 13.3. The summed E-state index contributed by atoms with van der Waals surface area (Å²) in [6, 6.07) is -0.165. The van der Waals surface area contributed by atoms with Crippen molar-refractivity contribution < 1.29 is 14.3 Å². The Kier molecular flexibility index (Phi) is 4.22. The van der Waals surface area contributed by atoms with Crippen LogP contribution in [0.5, 0.6) is 0 Å². The zero-order valence-corrected chi connectivity index (χ0v) is 11.2. The molecule has 0 aromatic carbocycles. The number of ether oxygens (including phenoxy) is 1. The molecule has 2 atom stereocenters. The fourth-order valence-electron chi connectivity index (χ4n) is 2.99. The van der Waals surface area contributed by atoms with E-state index in [2.05, 4.69) is 6.92 Å². The van der Waals surface area contributed by atoms with Gasteiger partial charge in [-0.2, -0.15) is 0 Å². The molecule has 0 aliphatic carbocycles. The van der Waals surface area contributed by atoms with E-state index < -0.39 is 0 Å². The molecular weight excluding hydrogens is 232 g/mol. The predicted molar refractivity (Wildman–Crippen MR) is 67.0 cm³/mol. The zero-order valence-electron chi connectivity index (χ0n) is 11.2. The van der Waals surface area contributed by atoms with E-state index in [-0.39, 0.29) is 30.4 Å².